The summed E-state index contributed by atoms with van der Waals surface area (Å²) in [4.78, 5) is 4.94. The monoisotopic (exact) mass is 682 g/mol. The highest BCUT2D eigenvalue weighted by Gasteiger charge is 2.36. The topological polar surface area (TPSA) is 6.48 Å². The molecule has 0 atom stereocenters. The summed E-state index contributed by atoms with van der Waals surface area (Å²) in [5.41, 5.74) is 20.8. The van der Waals surface area contributed by atoms with E-state index in [-0.39, 0.29) is 5.41 Å². The number of para-hydroxylation sites is 3. The van der Waals surface area contributed by atoms with Crippen molar-refractivity contribution in [3.05, 3.63) is 197 Å². The Bertz CT molecular complexity index is 2530. The number of nitrogens with zero attached hydrogens (tertiary/aromatic N) is 2. The second kappa shape index (κ2) is 12.5. The lowest BCUT2D eigenvalue weighted by molar-refractivity contribution is 0.659. The molecule has 2 aliphatic heterocycles. The van der Waals surface area contributed by atoms with Crippen LogP contribution in [-0.4, -0.2) is 6.54 Å². The Hall–Kier alpha value is -6.12. The summed E-state index contributed by atoms with van der Waals surface area (Å²) >= 11 is 0. The summed E-state index contributed by atoms with van der Waals surface area (Å²) in [6, 6.07) is 58.5. The van der Waals surface area contributed by atoms with Gasteiger partial charge in [-0.2, -0.15) is 0 Å². The van der Waals surface area contributed by atoms with Gasteiger partial charge in [-0.3, -0.25) is 0 Å². The maximum Gasteiger partial charge on any atom is 0.0497 e. The van der Waals surface area contributed by atoms with Gasteiger partial charge in [0.05, 0.1) is 0 Å². The Morgan fingerprint density at radius 3 is 1.85 bits per heavy atom. The lowest BCUT2D eigenvalue weighted by atomic mass is 9.81. The second-order valence-corrected chi connectivity index (χ2v) is 15.3. The molecule has 0 spiro atoms. The van der Waals surface area contributed by atoms with Crippen LogP contribution in [0, 0.1) is 0 Å². The molecule has 0 amide bonds. The van der Waals surface area contributed by atoms with Crippen LogP contribution in [0.15, 0.2) is 158 Å². The third-order valence-corrected chi connectivity index (χ3v) is 11.7. The van der Waals surface area contributed by atoms with E-state index in [1.54, 1.807) is 0 Å². The fourth-order valence-corrected chi connectivity index (χ4v) is 9.03. The zero-order valence-corrected chi connectivity index (χ0v) is 30.4. The van der Waals surface area contributed by atoms with Crippen molar-refractivity contribution in [1.29, 1.82) is 0 Å². The molecule has 0 saturated heterocycles. The molecule has 2 nitrogen and oxygen atoms in total. The highest BCUT2D eigenvalue weighted by atomic mass is 15.2. The highest BCUT2D eigenvalue weighted by Crippen LogP contribution is 2.51. The number of fused-ring (bicyclic) bond motifs is 6. The van der Waals surface area contributed by atoms with Crippen LogP contribution in [0.25, 0.3) is 34.4 Å². The summed E-state index contributed by atoms with van der Waals surface area (Å²) in [6.45, 7) is 5.84. The number of aryl methyl sites for hydroxylation is 1. The SMILES string of the molecule is CC1(C)c2cc(/C=C/c3cccc(-c4cccc(N5c6ccccc6Cc6ccccc65)c4)c3)ccc2-c2ccc(N3CCCc4ccccc43)cc21. The molecule has 7 aromatic rings. The van der Waals surface area contributed by atoms with E-state index in [1.807, 2.05) is 0 Å². The Morgan fingerprint density at radius 2 is 1.09 bits per heavy atom. The van der Waals surface area contributed by atoms with E-state index in [0.29, 0.717) is 0 Å². The zero-order chi connectivity index (χ0) is 35.5. The minimum atomic E-state index is -0.0832. The quantitative estimate of drug-likeness (QED) is 0.167. The molecule has 256 valence electrons. The molecule has 2 heterocycles. The fourth-order valence-electron chi connectivity index (χ4n) is 9.03. The molecule has 7 aromatic carbocycles. The van der Waals surface area contributed by atoms with Crippen molar-refractivity contribution in [3.63, 3.8) is 0 Å². The largest absolute Gasteiger partial charge is 0.341 e. The molecule has 2 heteroatoms. The molecule has 0 N–H and O–H groups in total. The van der Waals surface area contributed by atoms with E-state index in [9.17, 15) is 0 Å². The smallest absolute Gasteiger partial charge is 0.0497 e. The third kappa shape index (κ3) is 5.40. The van der Waals surface area contributed by atoms with Gasteiger partial charge in [-0.25, -0.2) is 0 Å². The van der Waals surface area contributed by atoms with Crippen molar-refractivity contribution in [3.8, 4) is 22.3 Å². The standard InChI is InChI=1S/C51H42N2/c1-51(2)46-31-36(25-27-44(46)45-28-26-42(34-47(45)51)52-29-11-18-37-13-3-6-20-48(37)52)24-23-35-12-9-16-38(30-35)39-17-10-19-43(33-39)53-49-21-7-4-14-40(49)32-41-15-5-8-22-50(41)53/h3-10,12-17,19-28,30-31,33-34H,11,18,29,32H2,1-2H3/b24-23+. The first-order valence-corrected chi connectivity index (χ1v) is 19.0. The van der Waals surface area contributed by atoms with E-state index in [4.69, 9.17) is 0 Å². The van der Waals surface area contributed by atoms with E-state index in [0.717, 1.165) is 19.4 Å². The predicted molar refractivity (Wildman–Crippen MR) is 224 cm³/mol. The summed E-state index contributed by atoms with van der Waals surface area (Å²) in [7, 11) is 0. The van der Waals surface area contributed by atoms with E-state index < -0.39 is 0 Å². The molecule has 53 heavy (non-hydrogen) atoms. The highest BCUT2D eigenvalue weighted by molar-refractivity contribution is 5.87. The van der Waals surface area contributed by atoms with Crippen LogP contribution in [0.3, 0.4) is 0 Å². The van der Waals surface area contributed by atoms with Gasteiger partial charge in [0.1, 0.15) is 0 Å². The van der Waals surface area contributed by atoms with E-state index in [2.05, 4.69) is 194 Å². The number of hydrogen-bond acceptors (Lipinski definition) is 2. The first kappa shape index (κ1) is 31.6. The van der Waals surface area contributed by atoms with Crippen molar-refractivity contribution in [2.45, 2.75) is 38.5 Å². The van der Waals surface area contributed by atoms with Crippen LogP contribution >= 0.6 is 0 Å². The molecule has 0 saturated carbocycles. The molecular formula is C51H42N2. The van der Waals surface area contributed by atoms with Crippen molar-refractivity contribution >= 4 is 40.6 Å². The fraction of sp³-hybridized carbons (Fsp3) is 0.137. The molecule has 0 fully saturated rings. The van der Waals surface area contributed by atoms with Crippen LogP contribution in [0.1, 0.15) is 59.2 Å². The lowest BCUT2D eigenvalue weighted by Gasteiger charge is -2.33. The predicted octanol–water partition coefficient (Wildman–Crippen LogP) is 13.3. The molecule has 0 bridgehead atoms. The Morgan fingerprint density at radius 1 is 0.491 bits per heavy atom. The third-order valence-electron chi connectivity index (χ3n) is 11.7. The summed E-state index contributed by atoms with van der Waals surface area (Å²) in [6.07, 6.45) is 7.83. The van der Waals surface area contributed by atoms with Crippen LogP contribution in [0.4, 0.5) is 28.4 Å². The number of anilines is 5. The average Bonchev–Trinajstić information content (AvgIpc) is 3.43. The van der Waals surface area contributed by atoms with Gasteiger partial charge in [0.25, 0.3) is 0 Å². The van der Waals surface area contributed by atoms with E-state index >= 15 is 0 Å². The average molecular weight is 683 g/mol. The maximum absolute atomic E-state index is 2.52. The van der Waals surface area contributed by atoms with Gasteiger partial charge in [0.2, 0.25) is 0 Å². The molecular weight excluding hydrogens is 641 g/mol. The zero-order valence-electron chi connectivity index (χ0n) is 30.4. The molecule has 0 unspecified atom stereocenters. The van der Waals surface area contributed by atoms with Crippen molar-refractivity contribution < 1.29 is 0 Å². The van der Waals surface area contributed by atoms with Gasteiger partial charge in [-0.15, -0.1) is 0 Å². The van der Waals surface area contributed by atoms with Crippen LogP contribution in [0.5, 0.6) is 0 Å². The summed E-state index contributed by atoms with van der Waals surface area (Å²) < 4.78 is 0. The first-order chi connectivity index (χ1) is 26.0. The van der Waals surface area contributed by atoms with Crippen LogP contribution < -0.4 is 9.80 Å². The summed E-state index contributed by atoms with van der Waals surface area (Å²) in [5, 5.41) is 0. The maximum atomic E-state index is 2.52. The van der Waals surface area contributed by atoms with Gasteiger partial charge in [0, 0.05) is 46.8 Å². The molecule has 1 aliphatic carbocycles. The molecule has 0 aromatic heterocycles. The second-order valence-electron chi connectivity index (χ2n) is 15.3. The minimum Gasteiger partial charge on any atom is -0.341 e. The number of benzene rings is 7. The lowest BCUT2D eigenvalue weighted by Crippen LogP contribution is -2.25. The van der Waals surface area contributed by atoms with Crippen molar-refractivity contribution in [2.75, 3.05) is 16.3 Å². The van der Waals surface area contributed by atoms with Crippen LogP contribution in [-0.2, 0) is 18.3 Å². The van der Waals surface area contributed by atoms with Gasteiger partial charge >= 0.3 is 0 Å². The van der Waals surface area contributed by atoms with Gasteiger partial charge in [-0.05, 0) is 123 Å². The van der Waals surface area contributed by atoms with Gasteiger partial charge in [0.15, 0.2) is 0 Å². The van der Waals surface area contributed by atoms with E-state index in [1.165, 1.54) is 96.1 Å². The van der Waals surface area contributed by atoms with Crippen molar-refractivity contribution in [2.24, 2.45) is 0 Å². The Balaban J connectivity index is 0.928. The van der Waals surface area contributed by atoms with Gasteiger partial charge in [-0.1, -0.05) is 135 Å². The van der Waals surface area contributed by atoms with Gasteiger partial charge < -0.3 is 9.80 Å². The number of rotatable bonds is 5. The Labute approximate surface area is 313 Å². The minimum absolute atomic E-state index is 0.0832. The molecule has 0 radical (unpaired) electrons. The van der Waals surface area contributed by atoms with Crippen molar-refractivity contribution in [1.82, 2.24) is 0 Å². The molecule has 3 aliphatic rings. The van der Waals surface area contributed by atoms with Crippen LogP contribution in [0.2, 0.25) is 0 Å². The Kier molecular flexibility index (Phi) is 7.47. The normalized spacial score (nSPS) is 15.1. The summed E-state index contributed by atoms with van der Waals surface area (Å²) in [5.74, 6) is 0. The number of hydrogen-bond donors (Lipinski definition) is 0. The first-order valence-electron chi connectivity index (χ1n) is 19.0. The molecule has 10 rings (SSSR count).